The summed E-state index contributed by atoms with van der Waals surface area (Å²) < 4.78 is 14.0. The van der Waals surface area contributed by atoms with E-state index < -0.39 is 11.2 Å². The van der Waals surface area contributed by atoms with Crippen molar-refractivity contribution in [2.24, 2.45) is 0 Å². The number of fused-ring (bicyclic) bond motifs is 1. The van der Waals surface area contributed by atoms with Crippen molar-refractivity contribution in [3.8, 4) is 0 Å². The molecule has 1 fully saturated rings. The summed E-state index contributed by atoms with van der Waals surface area (Å²) in [5.74, 6) is -0.455. The number of carbonyl (C=O) groups excluding carboxylic acids is 1. The second-order valence-corrected chi connectivity index (χ2v) is 9.31. The van der Waals surface area contributed by atoms with Crippen LogP contribution >= 0.6 is 35.6 Å². The van der Waals surface area contributed by atoms with Gasteiger partial charge in [-0.15, -0.1) is 12.4 Å². The highest BCUT2D eigenvalue weighted by Gasteiger charge is 2.45. The van der Waals surface area contributed by atoms with Crippen LogP contribution in [-0.4, -0.2) is 43.5 Å². The molecule has 174 valence electrons. The first-order chi connectivity index (χ1) is 14.9. The van der Waals surface area contributed by atoms with Gasteiger partial charge in [0.25, 0.3) is 0 Å². The van der Waals surface area contributed by atoms with E-state index in [4.69, 9.17) is 23.2 Å². The summed E-state index contributed by atoms with van der Waals surface area (Å²) in [6.07, 6.45) is 3.24. The first-order valence-electron chi connectivity index (χ1n) is 11.0. The second-order valence-electron chi connectivity index (χ2n) is 8.47. The van der Waals surface area contributed by atoms with Crippen molar-refractivity contribution in [1.82, 2.24) is 4.90 Å². The van der Waals surface area contributed by atoms with E-state index in [0.29, 0.717) is 24.1 Å². The predicted octanol–water partition coefficient (Wildman–Crippen LogP) is 6.15. The highest BCUT2D eigenvalue weighted by atomic mass is 35.5. The Hall–Kier alpha value is -1.53. The summed E-state index contributed by atoms with van der Waals surface area (Å²) in [6, 6.07) is 10.7. The van der Waals surface area contributed by atoms with Crippen LogP contribution in [0, 0.1) is 5.82 Å². The Labute approximate surface area is 205 Å². The van der Waals surface area contributed by atoms with E-state index in [1.807, 2.05) is 25.1 Å². The van der Waals surface area contributed by atoms with Crippen molar-refractivity contribution >= 4 is 52.9 Å². The zero-order valence-electron chi connectivity index (χ0n) is 18.2. The third-order valence-electron chi connectivity index (χ3n) is 6.72. The molecule has 4 rings (SSSR count). The third-order valence-corrected chi connectivity index (χ3v) is 7.25. The minimum atomic E-state index is -0.688. The number of anilines is 2. The van der Waals surface area contributed by atoms with E-state index in [0.717, 1.165) is 50.6 Å². The van der Waals surface area contributed by atoms with Crippen molar-refractivity contribution in [3.05, 3.63) is 57.8 Å². The Morgan fingerprint density at radius 1 is 1.09 bits per heavy atom. The maximum atomic E-state index is 14.0. The topological polar surface area (TPSA) is 35.6 Å². The highest BCUT2D eigenvalue weighted by Crippen LogP contribution is 2.47. The van der Waals surface area contributed by atoms with Gasteiger partial charge in [0.2, 0.25) is 5.91 Å². The molecule has 0 aromatic heterocycles. The Morgan fingerprint density at radius 2 is 1.84 bits per heavy atom. The van der Waals surface area contributed by atoms with E-state index >= 15 is 0 Å². The molecular formula is C24H29Cl3FN3O. The molecule has 2 aromatic carbocycles. The molecule has 2 aliphatic heterocycles. The standard InChI is InChI=1S/C24H28Cl2FN3O.ClH/c1-2-24(20-15-18(27)16-21(26)22(20)28-23(24)31)8-3-4-9-29-10-12-30(13-11-29)19-7-5-6-17(25)14-19;/h5-7,14-16H,2-4,8-13H2,1H3,(H,28,31);1H. The largest absolute Gasteiger partial charge is 0.369 e. The number of piperazine rings is 1. The number of unbranched alkanes of at least 4 members (excludes halogenated alkanes) is 1. The van der Waals surface area contributed by atoms with Crippen LogP contribution in [0.2, 0.25) is 10.0 Å². The van der Waals surface area contributed by atoms with Gasteiger partial charge in [-0.05, 0) is 61.7 Å². The Kier molecular flexibility index (Phi) is 8.31. The van der Waals surface area contributed by atoms with Crippen LogP contribution < -0.4 is 10.2 Å². The summed E-state index contributed by atoms with van der Waals surface area (Å²) in [6.45, 7) is 6.97. The lowest BCUT2D eigenvalue weighted by molar-refractivity contribution is -0.121. The summed E-state index contributed by atoms with van der Waals surface area (Å²) in [5.41, 5.74) is 1.77. The first-order valence-corrected chi connectivity index (χ1v) is 11.7. The molecule has 0 saturated carbocycles. The quantitative estimate of drug-likeness (QED) is 0.463. The van der Waals surface area contributed by atoms with Crippen molar-refractivity contribution < 1.29 is 9.18 Å². The van der Waals surface area contributed by atoms with Gasteiger partial charge in [0.1, 0.15) is 5.82 Å². The van der Waals surface area contributed by atoms with Gasteiger partial charge in [-0.1, -0.05) is 42.6 Å². The molecule has 0 radical (unpaired) electrons. The van der Waals surface area contributed by atoms with Gasteiger partial charge in [0.15, 0.2) is 0 Å². The van der Waals surface area contributed by atoms with Gasteiger partial charge in [-0.2, -0.15) is 0 Å². The molecular weight excluding hydrogens is 472 g/mol. The zero-order chi connectivity index (χ0) is 22.0. The number of carbonyl (C=O) groups is 1. The molecule has 2 aliphatic rings. The van der Waals surface area contributed by atoms with Crippen LogP contribution in [0.1, 0.15) is 38.2 Å². The number of halogens is 4. The zero-order valence-corrected chi connectivity index (χ0v) is 20.5. The lowest BCUT2D eigenvalue weighted by Gasteiger charge is -2.36. The molecule has 1 saturated heterocycles. The predicted molar refractivity (Wildman–Crippen MR) is 133 cm³/mol. The van der Waals surface area contributed by atoms with Crippen LogP contribution in [0.4, 0.5) is 15.8 Å². The lowest BCUT2D eigenvalue weighted by Crippen LogP contribution is -2.46. The number of rotatable bonds is 7. The van der Waals surface area contributed by atoms with Crippen molar-refractivity contribution in [3.63, 3.8) is 0 Å². The number of benzene rings is 2. The Balaban J connectivity index is 0.00000289. The molecule has 1 N–H and O–H groups in total. The maximum absolute atomic E-state index is 14.0. The van der Waals surface area contributed by atoms with Crippen molar-refractivity contribution in [2.75, 3.05) is 42.9 Å². The van der Waals surface area contributed by atoms with Gasteiger partial charge < -0.3 is 10.2 Å². The van der Waals surface area contributed by atoms with Crippen LogP contribution in [0.25, 0.3) is 0 Å². The molecule has 4 nitrogen and oxygen atoms in total. The fourth-order valence-electron chi connectivity index (χ4n) is 4.87. The van der Waals surface area contributed by atoms with E-state index in [2.05, 4.69) is 21.2 Å². The van der Waals surface area contributed by atoms with Gasteiger partial charge >= 0.3 is 0 Å². The fourth-order valence-corrected chi connectivity index (χ4v) is 5.31. The molecule has 32 heavy (non-hydrogen) atoms. The number of nitrogens with zero attached hydrogens (tertiary/aromatic N) is 2. The van der Waals surface area contributed by atoms with Crippen LogP contribution in [0.5, 0.6) is 0 Å². The fraction of sp³-hybridized carbons (Fsp3) is 0.458. The van der Waals surface area contributed by atoms with Crippen LogP contribution in [0.15, 0.2) is 36.4 Å². The van der Waals surface area contributed by atoms with Gasteiger partial charge in [-0.3, -0.25) is 9.69 Å². The average Bonchev–Trinajstić information content (AvgIpc) is 3.04. The summed E-state index contributed by atoms with van der Waals surface area (Å²) in [4.78, 5) is 17.7. The molecule has 1 unspecified atom stereocenters. The van der Waals surface area contributed by atoms with Crippen molar-refractivity contribution in [2.45, 2.75) is 38.0 Å². The minimum Gasteiger partial charge on any atom is -0.369 e. The molecule has 0 spiro atoms. The van der Waals surface area contributed by atoms with Gasteiger partial charge in [0, 0.05) is 36.9 Å². The minimum absolute atomic E-state index is 0. The van der Waals surface area contributed by atoms with E-state index in [1.54, 1.807) is 0 Å². The average molecular weight is 501 g/mol. The molecule has 2 heterocycles. The first kappa shape index (κ1) is 25.1. The van der Waals surface area contributed by atoms with Crippen LogP contribution in [-0.2, 0) is 10.2 Å². The lowest BCUT2D eigenvalue weighted by atomic mass is 9.75. The van der Waals surface area contributed by atoms with Crippen molar-refractivity contribution in [1.29, 1.82) is 0 Å². The smallest absolute Gasteiger partial charge is 0.235 e. The molecule has 0 bridgehead atoms. The number of hydrogen-bond donors (Lipinski definition) is 1. The summed E-state index contributed by atoms with van der Waals surface area (Å²) >= 11 is 12.3. The molecule has 2 aromatic rings. The summed E-state index contributed by atoms with van der Waals surface area (Å²) in [7, 11) is 0. The Bertz CT molecular complexity index is 966. The van der Waals surface area contributed by atoms with E-state index in [-0.39, 0.29) is 23.3 Å². The molecule has 1 atom stereocenters. The maximum Gasteiger partial charge on any atom is 0.235 e. The number of amides is 1. The monoisotopic (exact) mass is 499 g/mol. The van der Waals surface area contributed by atoms with E-state index in [1.165, 1.54) is 17.8 Å². The van der Waals surface area contributed by atoms with Gasteiger partial charge in [0.05, 0.1) is 16.1 Å². The Morgan fingerprint density at radius 3 is 2.53 bits per heavy atom. The number of nitrogens with one attached hydrogen (secondary N) is 1. The normalized spacial score (nSPS) is 20.6. The molecule has 0 aliphatic carbocycles. The van der Waals surface area contributed by atoms with Gasteiger partial charge in [-0.25, -0.2) is 4.39 Å². The van der Waals surface area contributed by atoms with Crippen LogP contribution in [0.3, 0.4) is 0 Å². The summed E-state index contributed by atoms with van der Waals surface area (Å²) in [5, 5.41) is 3.93. The highest BCUT2D eigenvalue weighted by molar-refractivity contribution is 6.34. The second kappa shape index (κ2) is 10.6. The molecule has 8 heteroatoms. The van der Waals surface area contributed by atoms with E-state index in [9.17, 15) is 9.18 Å². The third kappa shape index (κ3) is 5.01. The SMILES string of the molecule is CCC1(CCCCN2CCN(c3cccc(Cl)c3)CC2)C(=O)Nc2c(Cl)cc(F)cc21.Cl. The number of hydrogen-bond acceptors (Lipinski definition) is 3. The molecule has 1 amide bonds.